The lowest BCUT2D eigenvalue weighted by Gasteiger charge is -1.97. The lowest BCUT2D eigenvalue weighted by Crippen LogP contribution is -1.83. The largest absolute Gasteiger partial charge is 0.0854 e. The van der Waals surface area contributed by atoms with Crippen molar-refractivity contribution in [1.82, 2.24) is 0 Å². The summed E-state index contributed by atoms with van der Waals surface area (Å²) in [5.74, 6) is 1.75. The van der Waals surface area contributed by atoms with E-state index in [2.05, 4.69) is 26.0 Å². The molecule has 0 aromatic carbocycles. The van der Waals surface area contributed by atoms with E-state index in [1.807, 2.05) is 0 Å². The highest BCUT2D eigenvalue weighted by atomic mass is 14.2. The monoisotopic (exact) mass is 124 g/mol. The van der Waals surface area contributed by atoms with E-state index in [-0.39, 0.29) is 0 Å². The van der Waals surface area contributed by atoms with Crippen LogP contribution in [0.3, 0.4) is 0 Å². The molecule has 0 aromatic heterocycles. The molecule has 0 aromatic rings. The molecule has 1 unspecified atom stereocenters. The van der Waals surface area contributed by atoms with Gasteiger partial charge in [-0.3, -0.25) is 0 Å². The lowest BCUT2D eigenvalue weighted by atomic mass is 10.1. The van der Waals surface area contributed by atoms with Gasteiger partial charge in [0.15, 0.2) is 0 Å². The van der Waals surface area contributed by atoms with Gasteiger partial charge in [-0.15, -0.1) is 0 Å². The van der Waals surface area contributed by atoms with E-state index < -0.39 is 0 Å². The van der Waals surface area contributed by atoms with Gasteiger partial charge in [0.2, 0.25) is 0 Å². The Morgan fingerprint density at radius 2 is 2.22 bits per heavy atom. The molecule has 0 radical (unpaired) electrons. The predicted octanol–water partition coefficient (Wildman–Crippen LogP) is 3.00. The number of hydrogen-bond donors (Lipinski definition) is 0. The minimum atomic E-state index is 0.797. The summed E-state index contributed by atoms with van der Waals surface area (Å²) in [5.41, 5.74) is 0. The second-order valence-electron chi connectivity index (χ2n) is 3.11. The first-order valence-electron chi connectivity index (χ1n) is 4.01. The van der Waals surface area contributed by atoms with Crippen molar-refractivity contribution >= 4 is 0 Å². The summed E-state index contributed by atoms with van der Waals surface area (Å²) in [6.07, 6.45) is 8.90. The van der Waals surface area contributed by atoms with E-state index in [0.29, 0.717) is 0 Å². The molecular weight excluding hydrogens is 108 g/mol. The van der Waals surface area contributed by atoms with E-state index >= 15 is 0 Å². The van der Waals surface area contributed by atoms with Crippen LogP contribution < -0.4 is 0 Å². The fraction of sp³-hybridized carbons (Fsp3) is 0.778. The highest BCUT2D eigenvalue weighted by Crippen LogP contribution is 2.30. The van der Waals surface area contributed by atoms with Crippen molar-refractivity contribution in [3.8, 4) is 0 Å². The molecule has 0 N–H and O–H groups in total. The molecule has 0 bridgehead atoms. The zero-order valence-corrected chi connectivity index (χ0v) is 6.43. The molecule has 1 aliphatic rings. The zero-order valence-electron chi connectivity index (χ0n) is 6.43. The van der Waals surface area contributed by atoms with Gasteiger partial charge in [-0.25, -0.2) is 0 Å². The maximum Gasteiger partial charge on any atom is -0.0233 e. The maximum absolute atomic E-state index is 2.38. The average molecular weight is 124 g/mol. The van der Waals surface area contributed by atoms with Gasteiger partial charge in [-0.2, -0.15) is 0 Å². The van der Waals surface area contributed by atoms with E-state index in [0.717, 1.165) is 11.8 Å². The molecular formula is C9H16. The second-order valence-corrected chi connectivity index (χ2v) is 3.11. The molecule has 1 fully saturated rings. The van der Waals surface area contributed by atoms with E-state index in [1.54, 1.807) is 0 Å². The van der Waals surface area contributed by atoms with Crippen molar-refractivity contribution in [3.05, 3.63) is 12.2 Å². The third-order valence-corrected chi connectivity index (χ3v) is 1.98. The Bertz CT molecular complexity index is 98.6. The SMILES string of the molecule is CCC(C)/C=C/C1CC1. The Hall–Kier alpha value is -0.260. The van der Waals surface area contributed by atoms with Gasteiger partial charge in [-0.1, -0.05) is 32.4 Å². The minimum absolute atomic E-state index is 0.797. The highest BCUT2D eigenvalue weighted by Gasteiger charge is 2.16. The Morgan fingerprint density at radius 3 is 2.67 bits per heavy atom. The predicted molar refractivity (Wildman–Crippen MR) is 41.3 cm³/mol. The van der Waals surface area contributed by atoms with Gasteiger partial charge < -0.3 is 0 Å². The van der Waals surface area contributed by atoms with Gasteiger partial charge in [-0.05, 0) is 24.7 Å². The summed E-state index contributed by atoms with van der Waals surface area (Å²) in [4.78, 5) is 0. The summed E-state index contributed by atoms with van der Waals surface area (Å²) >= 11 is 0. The molecule has 0 nitrogen and oxygen atoms in total. The Labute approximate surface area is 58.0 Å². The van der Waals surface area contributed by atoms with Crippen molar-refractivity contribution in [2.75, 3.05) is 0 Å². The third-order valence-electron chi connectivity index (χ3n) is 1.98. The molecule has 52 valence electrons. The quantitative estimate of drug-likeness (QED) is 0.507. The van der Waals surface area contributed by atoms with Gasteiger partial charge in [0.1, 0.15) is 0 Å². The summed E-state index contributed by atoms with van der Waals surface area (Å²) in [7, 11) is 0. The first kappa shape index (κ1) is 6.85. The third kappa shape index (κ3) is 2.69. The number of hydrogen-bond acceptors (Lipinski definition) is 0. The molecule has 9 heavy (non-hydrogen) atoms. The van der Waals surface area contributed by atoms with Crippen LogP contribution in [0.2, 0.25) is 0 Å². The normalized spacial score (nSPS) is 22.9. The molecule has 0 aliphatic heterocycles. The molecule has 0 heteroatoms. The van der Waals surface area contributed by atoms with E-state index in [4.69, 9.17) is 0 Å². The first-order valence-corrected chi connectivity index (χ1v) is 4.01. The topological polar surface area (TPSA) is 0 Å². The lowest BCUT2D eigenvalue weighted by molar-refractivity contribution is 0.694. The van der Waals surface area contributed by atoms with Crippen LogP contribution in [0, 0.1) is 11.8 Å². The summed E-state index contributed by atoms with van der Waals surface area (Å²) < 4.78 is 0. The van der Waals surface area contributed by atoms with Gasteiger partial charge in [0.25, 0.3) is 0 Å². The van der Waals surface area contributed by atoms with Crippen LogP contribution in [-0.4, -0.2) is 0 Å². The van der Waals surface area contributed by atoms with Crippen LogP contribution in [-0.2, 0) is 0 Å². The van der Waals surface area contributed by atoms with Crippen molar-refractivity contribution in [1.29, 1.82) is 0 Å². The highest BCUT2D eigenvalue weighted by molar-refractivity contribution is 4.97. The first-order chi connectivity index (χ1) is 4.33. The summed E-state index contributed by atoms with van der Waals surface area (Å²) in [5, 5.41) is 0. The number of rotatable bonds is 3. The van der Waals surface area contributed by atoms with Crippen LogP contribution in [0.25, 0.3) is 0 Å². The Kier molecular flexibility index (Phi) is 2.32. The molecule has 0 saturated heterocycles. The maximum atomic E-state index is 2.38. The molecule has 1 aliphatic carbocycles. The second kappa shape index (κ2) is 3.05. The van der Waals surface area contributed by atoms with Crippen molar-refractivity contribution in [2.24, 2.45) is 11.8 Å². The van der Waals surface area contributed by atoms with Gasteiger partial charge in [0.05, 0.1) is 0 Å². The Balaban J connectivity index is 2.12. The fourth-order valence-electron chi connectivity index (χ4n) is 0.772. The molecule has 1 atom stereocenters. The van der Waals surface area contributed by atoms with Crippen LogP contribution in [0.5, 0.6) is 0 Å². The molecule has 1 rings (SSSR count). The van der Waals surface area contributed by atoms with Crippen LogP contribution in [0.1, 0.15) is 33.1 Å². The standard InChI is InChI=1S/C9H16/c1-3-8(2)4-5-9-6-7-9/h4-5,8-9H,3,6-7H2,1-2H3/b5-4+. The summed E-state index contributed by atoms with van der Waals surface area (Å²) in [6, 6.07) is 0. The fourth-order valence-corrected chi connectivity index (χ4v) is 0.772. The molecule has 0 spiro atoms. The van der Waals surface area contributed by atoms with E-state index in [1.165, 1.54) is 19.3 Å². The van der Waals surface area contributed by atoms with Crippen LogP contribution in [0.15, 0.2) is 12.2 Å². The smallest absolute Gasteiger partial charge is 0.0233 e. The van der Waals surface area contributed by atoms with Crippen molar-refractivity contribution in [2.45, 2.75) is 33.1 Å². The minimum Gasteiger partial charge on any atom is -0.0854 e. The van der Waals surface area contributed by atoms with Crippen LogP contribution in [0.4, 0.5) is 0 Å². The molecule has 0 heterocycles. The van der Waals surface area contributed by atoms with E-state index in [9.17, 15) is 0 Å². The van der Waals surface area contributed by atoms with Crippen molar-refractivity contribution < 1.29 is 0 Å². The summed E-state index contributed by atoms with van der Waals surface area (Å²) in [6.45, 7) is 4.51. The number of allylic oxidation sites excluding steroid dienone is 2. The van der Waals surface area contributed by atoms with Crippen LogP contribution >= 0.6 is 0 Å². The molecule has 1 saturated carbocycles. The average Bonchev–Trinajstić information content (AvgIpc) is 2.65. The zero-order chi connectivity index (χ0) is 6.69. The molecule has 0 amide bonds. The van der Waals surface area contributed by atoms with Crippen molar-refractivity contribution in [3.63, 3.8) is 0 Å². The van der Waals surface area contributed by atoms with Gasteiger partial charge in [0, 0.05) is 0 Å². The Morgan fingerprint density at radius 1 is 1.56 bits per heavy atom. The van der Waals surface area contributed by atoms with Gasteiger partial charge >= 0.3 is 0 Å².